The van der Waals surface area contributed by atoms with Crippen LogP contribution in [0.15, 0.2) is 9.19 Å². The SMILES string of the molecule is O=c1s/c(=N/S)n2n1CCCC2. The molecule has 1 aliphatic rings. The van der Waals surface area contributed by atoms with Crippen LogP contribution in [0.2, 0.25) is 0 Å². The van der Waals surface area contributed by atoms with Crippen molar-refractivity contribution in [3.8, 4) is 0 Å². The maximum absolute atomic E-state index is 11.3. The Hall–Kier alpha value is -0.490. The van der Waals surface area contributed by atoms with Crippen molar-refractivity contribution in [2.45, 2.75) is 25.9 Å². The van der Waals surface area contributed by atoms with E-state index in [-0.39, 0.29) is 4.87 Å². The molecule has 0 atom stereocenters. The summed E-state index contributed by atoms with van der Waals surface area (Å²) >= 11 is 4.98. The Bertz CT molecular complexity index is 400. The molecule has 66 valence electrons. The fourth-order valence-electron chi connectivity index (χ4n) is 1.41. The summed E-state index contributed by atoms with van der Waals surface area (Å²) in [7, 11) is 0. The molecule has 0 aliphatic carbocycles. The summed E-state index contributed by atoms with van der Waals surface area (Å²) in [5, 5.41) is 0. The normalized spacial score (nSPS) is 17.9. The van der Waals surface area contributed by atoms with Gasteiger partial charge in [0.15, 0.2) is 0 Å². The zero-order valence-electron chi connectivity index (χ0n) is 6.43. The van der Waals surface area contributed by atoms with E-state index in [1.54, 1.807) is 4.68 Å². The van der Waals surface area contributed by atoms with Crippen LogP contribution >= 0.6 is 24.2 Å². The first kappa shape index (κ1) is 8.12. The molecular formula is C6H9N3OS2. The van der Waals surface area contributed by atoms with Gasteiger partial charge < -0.3 is 0 Å². The maximum atomic E-state index is 11.3. The van der Waals surface area contributed by atoms with Crippen LogP contribution < -0.4 is 9.67 Å². The molecule has 12 heavy (non-hydrogen) atoms. The van der Waals surface area contributed by atoms with Crippen LogP contribution in [0.25, 0.3) is 0 Å². The van der Waals surface area contributed by atoms with Crippen LogP contribution in [-0.2, 0) is 13.1 Å². The highest BCUT2D eigenvalue weighted by atomic mass is 32.1. The van der Waals surface area contributed by atoms with Crippen molar-refractivity contribution < 1.29 is 0 Å². The van der Waals surface area contributed by atoms with Crippen molar-refractivity contribution in [1.29, 1.82) is 0 Å². The van der Waals surface area contributed by atoms with Crippen LogP contribution in [0.1, 0.15) is 12.8 Å². The van der Waals surface area contributed by atoms with Crippen LogP contribution in [-0.4, -0.2) is 9.36 Å². The highest BCUT2D eigenvalue weighted by Crippen LogP contribution is 2.02. The molecule has 0 saturated heterocycles. The van der Waals surface area contributed by atoms with Gasteiger partial charge in [0.2, 0.25) is 4.80 Å². The Morgan fingerprint density at radius 3 is 2.67 bits per heavy atom. The highest BCUT2D eigenvalue weighted by Gasteiger charge is 2.11. The third-order valence-electron chi connectivity index (χ3n) is 1.98. The van der Waals surface area contributed by atoms with Crippen LogP contribution in [0.3, 0.4) is 0 Å². The minimum atomic E-state index is 0.0718. The summed E-state index contributed by atoms with van der Waals surface area (Å²) < 4.78 is 7.41. The van der Waals surface area contributed by atoms with Gasteiger partial charge in [-0.3, -0.25) is 9.48 Å². The lowest BCUT2D eigenvalue weighted by Gasteiger charge is -2.15. The maximum Gasteiger partial charge on any atom is 0.325 e. The van der Waals surface area contributed by atoms with Gasteiger partial charge in [-0.25, -0.2) is 4.68 Å². The van der Waals surface area contributed by atoms with Gasteiger partial charge in [-0.05, 0) is 37.0 Å². The van der Waals surface area contributed by atoms with E-state index in [9.17, 15) is 4.79 Å². The molecule has 1 aromatic heterocycles. The van der Waals surface area contributed by atoms with Gasteiger partial charge in [-0.2, -0.15) is 4.40 Å². The number of hydrogen-bond donors (Lipinski definition) is 1. The van der Waals surface area contributed by atoms with Gasteiger partial charge >= 0.3 is 4.87 Å². The molecule has 2 rings (SSSR count). The molecule has 0 spiro atoms. The molecule has 0 aromatic carbocycles. The Morgan fingerprint density at radius 1 is 1.33 bits per heavy atom. The zero-order valence-corrected chi connectivity index (χ0v) is 8.14. The van der Waals surface area contributed by atoms with Gasteiger partial charge in [-0.15, -0.1) is 0 Å². The van der Waals surface area contributed by atoms with Gasteiger partial charge in [0, 0.05) is 13.1 Å². The number of nitrogens with zero attached hydrogens (tertiary/aromatic N) is 3. The Balaban J connectivity index is 2.70. The molecular weight excluding hydrogens is 194 g/mol. The second-order valence-corrected chi connectivity index (χ2v) is 3.82. The smallest absolute Gasteiger partial charge is 0.256 e. The van der Waals surface area contributed by atoms with Crippen molar-refractivity contribution >= 4 is 24.2 Å². The van der Waals surface area contributed by atoms with Gasteiger partial charge in [0.1, 0.15) is 0 Å². The molecule has 2 heterocycles. The van der Waals surface area contributed by atoms with E-state index in [0.29, 0.717) is 4.80 Å². The number of fused-ring (bicyclic) bond motifs is 1. The fraction of sp³-hybridized carbons (Fsp3) is 0.667. The van der Waals surface area contributed by atoms with E-state index in [1.807, 2.05) is 4.68 Å². The summed E-state index contributed by atoms with van der Waals surface area (Å²) in [6.07, 6.45) is 2.21. The summed E-state index contributed by atoms with van der Waals surface area (Å²) in [6.45, 7) is 1.71. The Kier molecular flexibility index (Phi) is 2.10. The standard InChI is InChI=1S/C6H9N3OS2/c10-6-9-4-2-1-3-8(9)5(7-11)12-6/h11H,1-4H2/b7-5+. The average molecular weight is 203 g/mol. The molecule has 0 N–H and O–H groups in total. The molecule has 4 nitrogen and oxygen atoms in total. The molecule has 0 unspecified atom stereocenters. The number of rotatable bonds is 0. The third-order valence-corrected chi connectivity index (χ3v) is 3.17. The van der Waals surface area contributed by atoms with Crippen molar-refractivity contribution in [1.82, 2.24) is 9.36 Å². The third kappa shape index (κ3) is 1.15. The Labute approximate surface area is 78.7 Å². The molecule has 1 aromatic rings. The molecule has 1 aliphatic heterocycles. The molecule has 0 fully saturated rings. The van der Waals surface area contributed by atoms with Crippen molar-refractivity contribution in [2.24, 2.45) is 4.40 Å². The first-order valence-electron chi connectivity index (χ1n) is 3.82. The quantitative estimate of drug-likeness (QED) is 0.603. The number of hydrogen-bond acceptors (Lipinski definition) is 4. The van der Waals surface area contributed by atoms with Crippen LogP contribution in [0.4, 0.5) is 0 Å². The lowest BCUT2D eigenvalue weighted by molar-refractivity contribution is 0.346. The minimum Gasteiger partial charge on any atom is -0.256 e. The van der Waals surface area contributed by atoms with Gasteiger partial charge in [0.05, 0.1) is 0 Å². The van der Waals surface area contributed by atoms with Crippen LogP contribution in [0.5, 0.6) is 0 Å². The summed E-state index contributed by atoms with van der Waals surface area (Å²) in [6, 6.07) is 0. The second kappa shape index (κ2) is 3.10. The highest BCUT2D eigenvalue weighted by molar-refractivity contribution is 7.78. The van der Waals surface area contributed by atoms with E-state index in [2.05, 4.69) is 17.2 Å². The van der Waals surface area contributed by atoms with Crippen molar-refractivity contribution in [3.63, 3.8) is 0 Å². The largest absolute Gasteiger partial charge is 0.325 e. The Morgan fingerprint density at radius 2 is 2.00 bits per heavy atom. The fourth-order valence-corrected chi connectivity index (χ4v) is 2.42. The lowest BCUT2D eigenvalue weighted by atomic mass is 10.3. The monoisotopic (exact) mass is 203 g/mol. The van der Waals surface area contributed by atoms with Gasteiger partial charge in [-0.1, -0.05) is 0 Å². The van der Waals surface area contributed by atoms with Gasteiger partial charge in [0.25, 0.3) is 0 Å². The van der Waals surface area contributed by atoms with Crippen molar-refractivity contribution in [2.75, 3.05) is 0 Å². The molecule has 0 saturated carbocycles. The predicted octanol–water partition coefficient (Wildman–Crippen LogP) is 0.251. The average Bonchev–Trinajstić information content (AvgIpc) is 2.44. The van der Waals surface area contributed by atoms with E-state index in [1.165, 1.54) is 0 Å². The molecule has 0 amide bonds. The van der Waals surface area contributed by atoms with E-state index >= 15 is 0 Å². The molecule has 0 radical (unpaired) electrons. The summed E-state index contributed by atoms with van der Waals surface area (Å²) in [4.78, 5) is 12.1. The lowest BCUT2D eigenvalue weighted by Crippen LogP contribution is -2.30. The molecule has 6 heteroatoms. The number of aromatic nitrogens is 2. The minimum absolute atomic E-state index is 0.0718. The topological polar surface area (TPSA) is 39.3 Å². The summed E-state index contributed by atoms with van der Waals surface area (Å²) in [5.74, 6) is 0. The first-order chi connectivity index (χ1) is 5.83. The predicted molar refractivity (Wildman–Crippen MR) is 50.4 cm³/mol. The first-order valence-corrected chi connectivity index (χ1v) is 5.03. The van der Waals surface area contributed by atoms with E-state index < -0.39 is 0 Å². The zero-order chi connectivity index (χ0) is 8.55. The van der Waals surface area contributed by atoms with E-state index in [4.69, 9.17) is 0 Å². The summed E-state index contributed by atoms with van der Waals surface area (Å²) in [5.41, 5.74) is 0. The number of thiol groups is 1. The van der Waals surface area contributed by atoms with E-state index in [0.717, 1.165) is 37.3 Å². The van der Waals surface area contributed by atoms with Crippen molar-refractivity contribution in [3.05, 3.63) is 14.5 Å². The molecule has 0 bridgehead atoms. The van der Waals surface area contributed by atoms with Crippen LogP contribution in [0, 0.1) is 0 Å². The second-order valence-electron chi connectivity index (χ2n) is 2.70.